The number of carbonyl (C=O) groups excluding carboxylic acids is 1. The van der Waals surface area contributed by atoms with Crippen LogP contribution in [0.4, 0.5) is 5.82 Å². The lowest BCUT2D eigenvalue weighted by atomic mass is 10.1. The van der Waals surface area contributed by atoms with Crippen molar-refractivity contribution in [2.45, 2.75) is 25.3 Å². The summed E-state index contributed by atoms with van der Waals surface area (Å²) in [5.74, 6) is 0.731. The maximum Gasteiger partial charge on any atom is 0.224 e. The smallest absolute Gasteiger partial charge is 0.224 e. The summed E-state index contributed by atoms with van der Waals surface area (Å²) in [6, 6.07) is 0.283. The Hall–Kier alpha value is -0.920. The molecular weight excluding hydrogens is 360 g/mol. The monoisotopic (exact) mass is 376 g/mol. The van der Waals surface area contributed by atoms with Gasteiger partial charge in [-0.1, -0.05) is 0 Å². The molecule has 0 bridgehead atoms. The van der Waals surface area contributed by atoms with Crippen LogP contribution in [0.3, 0.4) is 0 Å². The Labute approximate surface area is 137 Å². The van der Waals surface area contributed by atoms with Crippen LogP contribution in [0.25, 0.3) is 0 Å². The molecule has 0 aliphatic carbocycles. The first-order valence-electron chi connectivity index (χ1n) is 6.85. The summed E-state index contributed by atoms with van der Waals surface area (Å²) in [7, 11) is 1.64. The summed E-state index contributed by atoms with van der Waals surface area (Å²) >= 11 is 9.38. The van der Waals surface area contributed by atoms with Crippen LogP contribution in [-0.4, -0.2) is 48.7 Å². The normalized spacial score (nSPS) is 15.8. The van der Waals surface area contributed by atoms with Gasteiger partial charge < -0.3 is 15.0 Å². The first-order valence-corrected chi connectivity index (χ1v) is 8.02. The Morgan fingerprint density at radius 1 is 1.57 bits per heavy atom. The number of nitrogens with one attached hydrogen (secondary N) is 1. The predicted molar refractivity (Wildman–Crippen MR) is 84.6 cm³/mol. The molecular formula is C13H18BrClN4O2. The van der Waals surface area contributed by atoms with Crippen LogP contribution in [0, 0.1) is 0 Å². The van der Waals surface area contributed by atoms with Crippen LogP contribution in [0.5, 0.6) is 0 Å². The van der Waals surface area contributed by atoms with E-state index in [0.29, 0.717) is 13.0 Å². The lowest BCUT2D eigenvalue weighted by molar-refractivity contribution is -0.120. The highest BCUT2D eigenvalue weighted by atomic mass is 79.9. The molecule has 1 aromatic rings. The summed E-state index contributed by atoms with van der Waals surface area (Å²) in [4.78, 5) is 21.9. The van der Waals surface area contributed by atoms with Gasteiger partial charge in [0.05, 0.1) is 4.47 Å². The van der Waals surface area contributed by atoms with Gasteiger partial charge in [-0.05, 0) is 40.4 Å². The average Bonchev–Trinajstić information content (AvgIpc) is 2.51. The Morgan fingerprint density at radius 2 is 2.29 bits per heavy atom. The van der Waals surface area contributed by atoms with Gasteiger partial charge in [-0.2, -0.15) is 4.98 Å². The molecule has 0 saturated carbocycles. The molecule has 0 unspecified atom stereocenters. The quantitative estimate of drug-likeness (QED) is 0.795. The Kier molecular flexibility index (Phi) is 6.20. The lowest BCUT2D eigenvalue weighted by Crippen LogP contribution is -2.42. The molecule has 0 aromatic carbocycles. The number of nitrogens with zero attached hydrogens (tertiary/aromatic N) is 3. The third kappa shape index (κ3) is 4.52. The standard InChI is InChI=1S/C13H18BrClN4O2/c1-16-11(20)2-5-19(9-3-6-21-7-4-9)12-10(14)8-17-13(15)18-12/h8-9H,2-7H2,1H3,(H,16,20). The number of halogens is 2. The molecule has 21 heavy (non-hydrogen) atoms. The molecule has 0 radical (unpaired) electrons. The molecule has 2 heterocycles. The Balaban J connectivity index is 2.21. The Bertz CT molecular complexity index is 497. The van der Waals surface area contributed by atoms with Crippen molar-refractivity contribution in [1.29, 1.82) is 0 Å². The highest BCUT2D eigenvalue weighted by Gasteiger charge is 2.25. The van der Waals surface area contributed by atoms with E-state index in [1.807, 2.05) is 0 Å². The van der Waals surface area contributed by atoms with Gasteiger partial charge in [0.15, 0.2) is 0 Å². The first-order chi connectivity index (χ1) is 10.1. The van der Waals surface area contributed by atoms with Crippen molar-refractivity contribution >= 4 is 39.3 Å². The van der Waals surface area contributed by atoms with Crippen LogP contribution in [-0.2, 0) is 9.53 Å². The summed E-state index contributed by atoms with van der Waals surface area (Å²) in [6.07, 6.45) is 3.85. The average molecular weight is 378 g/mol. The minimum Gasteiger partial charge on any atom is -0.381 e. The van der Waals surface area contributed by atoms with Crippen molar-refractivity contribution in [3.05, 3.63) is 16.0 Å². The second-order valence-corrected chi connectivity index (χ2v) is 5.96. The molecule has 0 atom stereocenters. The minimum atomic E-state index is 0.00309. The van der Waals surface area contributed by atoms with Gasteiger partial charge in [-0.25, -0.2) is 4.98 Å². The minimum absolute atomic E-state index is 0.00309. The molecule has 1 aliphatic heterocycles. The third-order valence-electron chi connectivity index (χ3n) is 3.46. The third-order valence-corrected chi connectivity index (χ3v) is 4.20. The molecule has 0 spiro atoms. The van der Waals surface area contributed by atoms with E-state index in [9.17, 15) is 4.79 Å². The fourth-order valence-electron chi connectivity index (χ4n) is 2.34. The number of hydrogen-bond donors (Lipinski definition) is 1. The fraction of sp³-hybridized carbons (Fsp3) is 0.615. The zero-order valence-corrected chi connectivity index (χ0v) is 14.2. The van der Waals surface area contributed by atoms with Gasteiger partial charge in [0.1, 0.15) is 5.82 Å². The van der Waals surface area contributed by atoms with Gasteiger partial charge in [-0.15, -0.1) is 0 Å². The molecule has 1 N–H and O–H groups in total. The maximum atomic E-state index is 11.5. The second kappa shape index (κ2) is 7.91. The van der Waals surface area contributed by atoms with Crippen molar-refractivity contribution in [3.63, 3.8) is 0 Å². The van der Waals surface area contributed by atoms with E-state index in [1.165, 1.54) is 0 Å². The first kappa shape index (κ1) is 16.5. The van der Waals surface area contributed by atoms with Crippen LogP contribution in [0.2, 0.25) is 5.28 Å². The van der Waals surface area contributed by atoms with Crippen molar-refractivity contribution in [1.82, 2.24) is 15.3 Å². The van der Waals surface area contributed by atoms with Gasteiger partial charge in [0.2, 0.25) is 11.2 Å². The Morgan fingerprint density at radius 3 is 2.95 bits per heavy atom. The van der Waals surface area contributed by atoms with Crippen LogP contribution >= 0.6 is 27.5 Å². The summed E-state index contributed by atoms with van der Waals surface area (Å²) in [5.41, 5.74) is 0. The number of anilines is 1. The zero-order chi connectivity index (χ0) is 15.2. The van der Waals surface area contributed by atoms with Crippen LogP contribution in [0.1, 0.15) is 19.3 Å². The van der Waals surface area contributed by atoms with Gasteiger partial charge >= 0.3 is 0 Å². The number of hydrogen-bond acceptors (Lipinski definition) is 5. The van der Waals surface area contributed by atoms with Crippen molar-refractivity contribution < 1.29 is 9.53 Å². The van der Waals surface area contributed by atoms with E-state index >= 15 is 0 Å². The molecule has 8 heteroatoms. The molecule has 1 amide bonds. The zero-order valence-electron chi connectivity index (χ0n) is 11.8. The maximum absolute atomic E-state index is 11.5. The van der Waals surface area contributed by atoms with Gasteiger partial charge in [-0.3, -0.25) is 4.79 Å². The number of rotatable bonds is 5. The van der Waals surface area contributed by atoms with E-state index in [2.05, 4.69) is 36.1 Å². The molecule has 1 saturated heterocycles. The van der Waals surface area contributed by atoms with E-state index in [-0.39, 0.29) is 17.2 Å². The van der Waals surface area contributed by atoms with Gasteiger partial charge in [0, 0.05) is 45.5 Å². The molecule has 1 aromatic heterocycles. The van der Waals surface area contributed by atoms with Crippen molar-refractivity contribution in [3.8, 4) is 0 Å². The summed E-state index contributed by atoms with van der Waals surface area (Å²) in [6.45, 7) is 2.02. The lowest BCUT2D eigenvalue weighted by Gasteiger charge is -2.35. The number of aromatic nitrogens is 2. The SMILES string of the molecule is CNC(=O)CCN(c1nc(Cl)ncc1Br)C1CCOCC1. The summed E-state index contributed by atoms with van der Waals surface area (Å²) < 4.78 is 6.18. The van der Waals surface area contributed by atoms with Crippen LogP contribution in [0.15, 0.2) is 10.7 Å². The fourth-order valence-corrected chi connectivity index (χ4v) is 2.89. The number of ether oxygens (including phenoxy) is 1. The molecule has 116 valence electrons. The van der Waals surface area contributed by atoms with E-state index in [1.54, 1.807) is 13.2 Å². The number of amides is 1. The highest BCUT2D eigenvalue weighted by molar-refractivity contribution is 9.10. The van der Waals surface area contributed by atoms with Crippen molar-refractivity contribution in [2.24, 2.45) is 0 Å². The molecule has 1 fully saturated rings. The van der Waals surface area contributed by atoms with E-state index in [0.717, 1.165) is 36.3 Å². The largest absolute Gasteiger partial charge is 0.381 e. The van der Waals surface area contributed by atoms with E-state index in [4.69, 9.17) is 16.3 Å². The highest BCUT2D eigenvalue weighted by Crippen LogP contribution is 2.29. The molecule has 6 nitrogen and oxygen atoms in total. The molecule has 1 aliphatic rings. The topological polar surface area (TPSA) is 67.4 Å². The second-order valence-electron chi connectivity index (χ2n) is 4.77. The molecule has 2 rings (SSSR count). The summed E-state index contributed by atoms with van der Waals surface area (Å²) in [5, 5.41) is 2.84. The van der Waals surface area contributed by atoms with Crippen molar-refractivity contribution in [2.75, 3.05) is 31.7 Å². The number of carbonyl (C=O) groups is 1. The van der Waals surface area contributed by atoms with E-state index < -0.39 is 0 Å². The predicted octanol–water partition coefficient (Wildman–Crippen LogP) is 2.01. The van der Waals surface area contributed by atoms with Gasteiger partial charge in [0.25, 0.3) is 0 Å². The van der Waals surface area contributed by atoms with Crippen LogP contribution < -0.4 is 10.2 Å².